The Morgan fingerprint density at radius 1 is 1.13 bits per heavy atom. The third kappa shape index (κ3) is 5.17. The molecule has 8 heteroatoms. The standard InChI is InChI=1S/C22H30N4O4/c23-22(26-9-11-29-12-10-26)18-3-1-17(2-4-18)20-14-19(30-24-20)15-25-7-5-16(6-8-25)13-21(27)28/h1-4,16,19,23H,5-15H2,(H,27,28). The number of oxime groups is 1. The molecule has 8 nitrogen and oxygen atoms in total. The Hall–Kier alpha value is -2.45. The number of rotatable bonds is 6. The fraction of sp³-hybridized carbons (Fsp3) is 0.591. The number of likely N-dealkylation sites (tertiary alicyclic amines) is 1. The number of carbonyl (C=O) groups is 1. The zero-order chi connectivity index (χ0) is 20.9. The predicted octanol–water partition coefficient (Wildman–Crippen LogP) is 2.02. The average molecular weight is 415 g/mol. The molecular formula is C22H30N4O4. The van der Waals surface area contributed by atoms with E-state index in [0.29, 0.717) is 25.0 Å². The second-order valence-corrected chi connectivity index (χ2v) is 8.34. The fourth-order valence-corrected chi connectivity index (χ4v) is 4.39. The van der Waals surface area contributed by atoms with Crippen LogP contribution in [0.2, 0.25) is 0 Å². The highest BCUT2D eigenvalue weighted by atomic mass is 16.6. The number of morpholine rings is 1. The first kappa shape index (κ1) is 20.8. The lowest BCUT2D eigenvalue weighted by Crippen LogP contribution is -2.40. The van der Waals surface area contributed by atoms with Crippen LogP contribution in [0.4, 0.5) is 0 Å². The van der Waals surface area contributed by atoms with Crippen molar-refractivity contribution in [1.29, 1.82) is 5.41 Å². The van der Waals surface area contributed by atoms with Crippen LogP contribution < -0.4 is 0 Å². The summed E-state index contributed by atoms with van der Waals surface area (Å²) in [7, 11) is 0. The van der Waals surface area contributed by atoms with E-state index in [1.54, 1.807) is 0 Å². The lowest BCUT2D eigenvalue weighted by atomic mass is 9.93. The van der Waals surface area contributed by atoms with Gasteiger partial charge in [0.1, 0.15) is 11.9 Å². The molecular weight excluding hydrogens is 384 g/mol. The topological polar surface area (TPSA) is 98.5 Å². The molecule has 0 saturated carbocycles. The summed E-state index contributed by atoms with van der Waals surface area (Å²) in [6.07, 6.45) is 2.96. The summed E-state index contributed by atoms with van der Waals surface area (Å²) in [6.45, 7) is 5.54. The number of aliphatic carboxylic acids is 1. The van der Waals surface area contributed by atoms with Crippen molar-refractivity contribution in [1.82, 2.24) is 9.80 Å². The number of hydrogen-bond donors (Lipinski definition) is 2. The number of carboxylic acids is 1. The first-order valence-electron chi connectivity index (χ1n) is 10.8. The quantitative estimate of drug-likeness (QED) is 0.546. The summed E-state index contributed by atoms with van der Waals surface area (Å²) in [4.78, 5) is 20.9. The first-order chi connectivity index (χ1) is 14.6. The minimum absolute atomic E-state index is 0.0438. The van der Waals surface area contributed by atoms with Crippen LogP contribution in [0.5, 0.6) is 0 Å². The molecule has 2 N–H and O–H groups in total. The van der Waals surface area contributed by atoms with Crippen LogP contribution in [0.25, 0.3) is 0 Å². The van der Waals surface area contributed by atoms with Crippen molar-refractivity contribution in [2.24, 2.45) is 11.1 Å². The van der Waals surface area contributed by atoms with Crippen molar-refractivity contribution in [2.45, 2.75) is 31.8 Å². The summed E-state index contributed by atoms with van der Waals surface area (Å²) in [5, 5.41) is 21.7. The van der Waals surface area contributed by atoms with E-state index in [1.165, 1.54) is 0 Å². The number of hydrogen-bond acceptors (Lipinski definition) is 6. The molecule has 0 spiro atoms. The number of carboxylic acid groups (broad SMARTS) is 1. The summed E-state index contributed by atoms with van der Waals surface area (Å²) < 4.78 is 5.36. The van der Waals surface area contributed by atoms with Gasteiger partial charge in [0.25, 0.3) is 0 Å². The zero-order valence-electron chi connectivity index (χ0n) is 17.3. The van der Waals surface area contributed by atoms with Crippen LogP contribution in [0.1, 0.15) is 36.8 Å². The zero-order valence-corrected chi connectivity index (χ0v) is 17.3. The summed E-state index contributed by atoms with van der Waals surface area (Å²) >= 11 is 0. The van der Waals surface area contributed by atoms with Gasteiger partial charge in [0.2, 0.25) is 0 Å². The molecule has 1 aromatic carbocycles. The average Bonchev–Trinajstić information content (AvgIpc) is 3.23. The lowest BCUT2D eigenvalue weighted by molar-refractivity contribution is -0.138. The smallest absolute Gasteiger partial charge is 0.303 e. The second-order valence-electron chi connectivity index (χ2n) is 8.34. The number of nitrogens with one attached hydrogen (secondary N) is 1. The van der Waals surface area contributed by atoms with E-state index >= 15 is 0 Å². The molecule has 2 saturated heterocycles. The minimum atomic E-state index is -0.697. The Balaban J connectivity index is 1.25. The first-order valence-corrected chi connectivity index (χ1v) is 10.8. The SMILES string of the molecule is N=C(c1ccc(C2=NOC(CN3CCC(CC(=O)O)CC3)C2)cc1)N1CCOCC1. The van der Waals surface area contributed by atoms with E-state index in [2.05, 4.69) is 10.1 Å². The van der Waals surface area contributed by atoms with Crippen molar-refractivity contribution >= 4 is 17.5 Å². The summed E-state index contributed by atoms with van der Waals surface area (Å²) in [5.41, 5.74) is 2.89. The highest BCUT2D eigenvalue weighted by molar-refractivity contribution is 6.02. The van der Waals surface area contributed by atoms with Gasteiger partial charge in [-0.25, -0.2) is 0 Å². The molecule has 2 fully saturated rings. The van der Waals surface area contributed by atoms with Gasteiger partial charge in [0.15, 0.2) is 0 Å². The molecule has 1 aromatic rings. The van der Waals surface area contributed by atoms with Crippen molar-refractivity contribution in [3.8, 4) is 0 Å². The largest absolute Gasteiger partial charge is 0.481 e. The van der Waals surface area contributed by atoms with Gasteiger partial charge in [-0.2, -0.15) is 0 Å². The molecule has 30 heavy (non-hydrogen) atoms. The molecule has 0 radical (unpaired) electrons. The van der Waals surface area contributed by atoms with Gasteiger partial charge in [-0.3, -0.25) is 15.1 Å². The van der Waals surface area contributed by atoms with Crippen LogP contribution in [0, 0.1) is 11.3 Å². The molecule has 3 heterocycles. The number of ether oxygens (including phenoxy) is 1. The molecule has 1 unspecified atom stereocenters. The van der Waals surface area contributed by atoms with Crippen molar-refractivity contribution in [3.63, 3.8) is 0 Å². The predicted molar refractivity (Wildman–Crippen MR) is 113 cm³/mol. The third-order valence-corrected chi connectivity index (χ3v) is 6.18. The molecule has 0 aliphatic carbocycles. The minimum Gasteiger partial charge on any atom is -0.481 e. The molecule has 1 atom stereocenters. The van der Waals surface area contributed by atoms with Crippen molar-refractivity contribution in [2.75, 3.05) is 45.9 Å². The summed E-state index contributed by atoms with van der Waals surface area (Å²) in [5.74, 6) is 0.139. The van der Waals surface area contributed by atoms with Gasteiger partial charge in [-0.05, 0) is 37.4 Å². The van der Waals surface area contributed by atoms with E-state index in [0.717, 1.165) is 68.8 Å². The molecule has 0 bridgehead atoms. The van der Waals surface area contributed by atoms with Gasteiger partial charge in [-0.1, -0.05) is 29.4 Å². The molecule has 162 valence electrons. The van der Waals surface area contributed by atoms with Crippen LogP contribution in [-0.2, 0) is 14.4 Å². The Morgan fingerprint density at radius 2 is 1.83 bits per heavy atom. The molecule has 3 aliphatic heterocycles. The van der Waals surface area contributed by atoms with Crippen LogP contribution in [0.3, 0.4) is 0 Å². The lowest BCUT2D eigenvalue weighted by Gasteiger charge is -2.32. The number of amidine groups is 1. The highest BCUT2D eigenvalue weighted by Gasteiger charge is 2.28. The van der Waals surface area contributed by atoms with Crippen molar-refractivity contribution in [3.05, 3.63) is 35.4 Å². The van der Waals surface area contributed by atoms with Crippen molar-refractivity contribution < 1.29 is 19.5 Å². The van der Waals surface area contributed by atoms with Gasteiger partial charge >= 0.3 is 5.97 Å². The van der Waals surface area contributed by atoms with Gasteiger partial charge in [-0.15, -0.1) is 0 Å². The van der Waals surface area contributed by atoms with Gasteiger partial charge in [0, 0.05) is 38.0 Å². The number of nitrogens with zero attached hydrogens (tertiary/aromatic N) is 3. The van der Waals surface area contributed by atoms with Crippen LogP contribution in [-0.4, -0.2) is 84.5 Å². The van der Waals surface area contributed by atoms with E-state index in [-0.39, 0.29) is 12.5 Å². The maximum absolute atomic E-state index is 10.9. The van der Waals surface area contributed by atoms with E-state index in [4.69, 9.17) is 20.1 Å². The Morgan fingerprint density at radius 3 is 2.50 bits per heavy atom. The van der Waals surface area contributed by atoms with Crippen LogP contribution in [0.15, 0.2) is 29.4 Å². The van der Waals surface area contributed by atoms with Crippen LogP contribution >= 0.6 is 0 Å². The van der Waals surface area contributed by atoms with E-state index in [1.807, 2.05) is 29.2 Å². The maximum atomic E-state index is 10.9. The Kier molecular flexibility index (Phi) is 6.64. The fourth-order valence-electron chi connectivity index (χ4n) is 4.39. The molecule has 4 rings (SSSR count). The Bertz CT molecular complexity index is 781. The second kappa shape index (κ2) is 9.57. The third-order valence-electron chi connectivity index (χ3n) is 6.18. The summed E-state index contributed by atoms with van der Waals surface area (Å²) in [6, 6.07) is 8.00. The molecule has 3 aliphatic rings. The monoisotopic (exact) mass is 414 g/mol. The number of piperidine rings is 1. The molecule has 0 amide bonds. The van der Waals surface area contributed by atoms with E-state index in [9.17, 15) is 4.79 Å². The normalized spacial score (nSPS) is 23.1. The maximum Gasteiger partial charge on any atom is 0.303 e. The Labute approximate surface area is 176 Å². The van der Waals surface area contributed by atoms with E-state index < -0.39 is 5.97 Å². The number of benzene rings is 1. The van der Waals surface area contributed by atoms with Gasteiger partial charge < -0.3 is 19.6 Å². The highest BCUT2D eigenvalue weighted by Crippen LogP contribution is 2.23. The van der Waals surface area contributed by atoms with Gasteiger partial charge in [0.05, 0.1) is 18.9 Å². The molecule has 0 aromatic heterocycles.